The predicted molar refractivity (Wildman–Crippen MR) is 81.5 cm³/mol. The standard InChI is InChI=1S/C11H15BrClN3O3S/c1-11(2,10(14)16-17)6-15-20(18,19)7-3-4-9(13)8(12)5-7/h3-5,15,17H,6H2,1-2H3,(H2,14,16). The van der Waals surface area contributed by atoms with Crippen LogP contribution in [0.4, 0.5) is 0 Å². The molecule has 0 spiro atoms. The lowest BCUT2D eigenvalue weighted by atomic mass is 9.93. The van der Waals surface area contributed by atoms with Gasteiger partial charge in [0, 0.05) is 16.4 Å². The summed E-state index contributed by atoms with van der Waals surface area (Å²) in [5.41, 5.74) is 4.69. The Morgan fingerprint density at radius 3 is 2.65 bits per heavy atom. The quantitative estimate of drug-likeness (QED) is 0.313. The molecule has 0 fully saturated rings. The maximum atomic E-state index is 12.1. The van der Waals surface area contributed by atoms with Crippen LogP contribution >= 0.6 is 27.5 Å². The lowest BCUT2D eigenvalue weighted by molar-refractivity contribution is 0.307. The van der Waals surface area contributed by atoms with Gasteiger partial charge in [-0.1, -0.05) is 30.6 Å². The van der Waals surface area contributed by atoms with Gasteiger partial charge in [-0.3, -0.25) is 0 Å². The number of rotatable bonds is 5. The monoisotopic (exact) mass is 383 g/mol. The maximum Gasteiger partial charge on any atom is 0.240 e. The number of oxime groups is 1. The van der Waals surface area contributed by atoms with Gasteiger partial charge in [-0.15, -0.1) is 0 Å². The van der Waals surface area contributed by atoms with Crippen molar-refractivity contribution in [1.29, 1.82) is 0 Å². The third-order valence-electron chi connectivity index (χ3n) is 2.71. The molecule has 0 atom stereocenters. The first-order valence-corrected chi connectivity index (χ1v) is 8.18. The number of nitrogens with one attached hydrogen (secondary N) is 1. The van der Waals surface area contributed by atoms with Gasteiger partial charge < -0.3 is 10.9 Å². The molecule has 0 aromatic heterocycles. The van der Waals surface area contributed by atoms with Crippen LogP contribution in [0.5, 0.6) is 0 Å². The van der Waals surface area contributed by atoms with Crippen LogP contribution in [-0.2, 0) is 10.0 Å². The van der Waals surface area contributed by atoms with Crippen LogP contribution in [0.3, 0.4) is 0 Å². The van der Waals surface area contributed by atoms with Crippen LogP contribution in [-0.4, -0.2) is 26.0 Å². The molecule has 1 aromatic carbocycles. The molecule has 112 valence electrons. The third kappa shape index (κ3) is 4.08. The SMILES string of the molecule is CC(C)(CNS(=O)(=O)c1ccc(Cl)c(Br)c1)/C(N)=N/O. The van der Waals surface area contributed by atoms with Crippen LogP contribution in [0.1, 0.15) is 13.8 Å². The zero-order chi connectivity index (χ0) is 15.6. The summed E-state index contributed by atoms with van der Waals surface area (Å²) >= 11 is 8.99. The average Bonchev–Trinajstić information content (AvgIpc) is 2.38. The summed E-state index contributed by atoms with van der Waals surface area (Å²) in [6.45, 7) is 3.30. The van der Waals surface area contributed by atoms with Crippen molar-refractivity contribution >= 4 is 43.4 Å². The molecule has 0 unspecified atom stereocenters. The topological polar surface area (TPSA) is 105 Å². The third-order valence-corrected chi connectivity index (χ3v) is 5.32. The molecular formula is C11H15BrClN3O3S. The van der Waals surface area contributed by atoms with Gasteiger partial charge in [0.2, 0.25) is 10.0 Å². The number of hydrogen-bond acceptors (Lipinski definition) is 4. The van der Waals surface area contributed by atoms with E-state index in [-0.39, 0.29) is 17.3 Å². The van der Waals surface area contributed by atoms with Crippen LogP contribution in [0.25, 0.3) is 0 Å². The fourth-order valence-electron chi connectivity index (χ4n) is 1.23. The smallest absolute Gasteiger partial charge is 0.240 e. The summed E-state index contributed by atoms with van der Waals surface area (Å²) in [4.78, 5) is 0.0732. The number of halogens is 2. The van der Waals surface area contributed by atoms with Crippen molar-refractivity contribution in [3.8, 4) is 0 Å². The first kappa shape index (κ1) is 17.2. The highest BCUT2D eigenvalue weighted by molar-refractivity contribution is 9.10. The van der Waals surface area contributed by atoms with E-state index in [0.717, 1.165) is 0 Å². The number of hydrogen-bond donors (Lipinski definition) is 3. The zero-order valence-corrected chi connectivity index (χ0v) is 14.1. The molecule has 6 nitrogen and oxygen atoms in total. The molecule has 0 saturated heterocycles. The largest absolute Gasteiger partial charge is 0.409 e. The Morgan fingerprint density at radius 1 is 1.55 bits per heavy atom. The van der Waals surface area contributed by atoms with Crippen LogP contribution in [0, 0.1) is 5.41 Å². The van der Waals surface area contributed by atoms with Crippen LogP contribution < -0.4 is 10.5 Å². The second-order valence-corrected chi connectivity index (χ2v) is 7.80. The van der Waals surface area contributed by atoms with E-state index in [9.17, 15) is 8.42 Å². The lowest BCUT2D eigenvalue weighted by Gasteiger charge is -2.23. The van der Waals surface area contributed by atoms with Gasteiger partial charge in [0.1, 0.15) is 5.84 Å². The highest BCUT2D eigenvalue weighted by atomic mass is 79.9. The summed E-state index contributed by atoms with van der Waals surface area (Å²) in [7, 11) is -3.71. The molecule has 0 aliphatic carbocycles. The summed E-state index contributed by atoms with van der Waals surface area (Å²) < 4.78 is 27.2. The van der Waals surface area contributed by atoms with Crippen molar-refractivity contribution in [1.82, 2.24) is 4.72 Å². The number of amidine groups is 1. The predicted octanol–water partition coefficient (Wildman–Crippen LogP) is 2.15. The zero-order valence-electron chi connectivity index (χ0n) is 10.9. The minimum absolute atomic E-state index is 0.00846. The Kier molecular flexibility index (Phi) is 5.42. The molecule has 0 heterocycles. The molecular weight excluding hydrogens is 370 g/mol. The fourth-order valence-corrected chi connectivity index (χ4v) is 3.11. The molecule has 4 N–H and O–H groups in total. The highest BCUT2D eigenvalue weighted by Gasteiger charge is 2.26. The van der Waals surface area contributed by atoms with E-state index in [4.69, 9.17) is 22.5 Å². The lowest BCUT2D eigenvalue weighted by Crippen LogP contribution is -2.42. The molecule has 0 aliphatic rings. The van der Waals surface area contributed by atoms with E-state index >= 15 is 0 Å². The van der Waals surface area contributed by atoms with E-state index in [1.807, 2.05) is 0 Å². The molecule has 0 radical (unpaired) electrons. The Morgan fingerprint density at radius 2 is 2.15 bits per heavy atom. The fraction of sp³-hybridized carbons (Fsp3) is 0.364. The Labute approximate surface area is 131 Å². The van der Waals surface area contributed by atoms with Gasteiger partial charge in [0.05, 0.1) is 9.92 Å². The van der Waals surface area contributed by atoms with Gasteiger partial charge in [-0.25, -0.2) is 13.1 Å². The van der Waals surface area contributed by atoms with E-state index < -0.39 is 15.4 Å². The molecule has 0 aliphatic heterocycles. The molecule has 1 rings (SSSR count). The molecule has 0 saturated carbocycles. The van der Waals surface area contributed by atoms with Gasteiger partial charge >= 0.3 is 0 Å². The molecule has 0 bridgehead atoms. The van der Waals surface area contributed by atoms with Crippen molar-refractivity contribution in [3.05, 3.63) is 27.7 Å². The minimum Gasteiger partial charge on any atom is -0.409 e. The summed E-state index contributed by atoms with van der Waals surface area (Å²) in [5.74, 6) is -0.0579. The second kappa shape index (κ2) is 6.30. The molecule has 0 amide bonds. The average molecular weight is 385 g/mol. The van der Waals surface area contributed by atoms with Crippen molar-refractivity contribution in [2.24, 2.45) is 16.3 Å². The van der Waals surface area contributed by atoms with Gasteiger partial charge in [0.25, 0.3) is 0 Å². The van der Waals surface area contributed by atoms with Gasteiger partial charge in [-0.05, 0) is 34.1 Å². The van der Waals surface area contributed by atoms with Gasteiger partial charge in [-0.2, -0.15) is 0 Å². The van der Waals surface area contributed by atoms with Crippen molar-refractivity contribution in [2.45, 2.75) is 18.7 Å². The number of nitrogens with zero attached hydrogens (tertiary/aromatic N) is 1. The van der Waals surface area contributed by atoms with Crippen LogP contribution in [0.15, 0.2) is 32.7 Å². The Hall–Kier alpha value is -0.830. The van der Waals surface area contributed by atoms with Crippen molar-refractivity contribution in [3.63, 3.8) is 0 Å². The van der Waals surface area contributed by atoms with Crippen molar-refractivity contribution < 1.29 is 13.6 Å². The van der Waals surface area contributed by atoms with E-state index in [1.165, 1.54) is 18.2 Å². The van der Waals surface area contributed by atoms with Crippen molar-refractivity contribution in [2.75, 3.05) is 6.54 Å². The number of nitrogens with two attached hydrogens (primary N) is 1. The molecule has 20 heavy (non-hydrogen) atoms. The summed E-state index contributed by atoms with van der Waals surface area (Å²) in [6, 6.07) is 4.28. The highest BCUT2D eigenvalue weighted by Crippen LogP contribution is 2.25. The molecule has 1 aromatic rings. The first-order chi connectivity index (χ1) is 9.10. The van der Waals surface area contributed by atoms with E-state index in [0.29, 0.717) is 9.50 Å². The second-order valence-electron chi connectivity index (χ2n) is 4.77. The van der Waals surface area contributed by atoms with Gasteiger partial charge in [0.15, 0.2) is 0 Å². The normalized spacial score (nSPS) is 13.5. The number of benzene rings is 1. The maximum absolute atomic E-state index is 12.1. The summed E-state index contributed by atoms with van der Waals surface area (Å²) in [5, 5.41) is 12.0. The number of sulfonamides is 1. The minimum atomic E-state index is -3.71. The Balaban J connectivity index is 2.94. The Bertz CT molecular complexity index is 632. The van der Waals surface area contributed by atoms with E-state index in [2.05, 4.69) is 25.8 Å². The van der Waals surface area contributed by atoms with E-state index in [1.54, 1.807) is 13.8 Å². The molecule has 9 heteroatoms. The summed E-state index contributed by atoms with van der Waals surface area (Å²) in [6.07, 6.45) is 0. The van der Waals surface area contributed by atoms with Crippen LogP contribution in [0.2, 0.25) is 5.02 Å². The first-order valence-electron chi connectivity index (χ1n) is 5.53.